The summed E-state index contributed by atoms with van der Waals surface area (Å²) in [6, 6.07) is 0. The van der Waals surface area contributed by atoms with Crippen LogP contribution in [0.1, 0.15) is 0 Å². The third-order valence-electron chi connectivity index (χ3n) is 0.483. The van der Waals surface area contributed by atoms with Crippen molar-refractivity contribution in [3.63, 3.8) is 0 Å². The van der Waals surface area contributed by atoms with Crippen LogP contribution in [-0.2, 0) is 0 Å². The van der Waals surface area contributed by atoms with Gasteiger partial charge in [-0.3, -0.25) is 4.99 Å². The molecule has 0 fully saturated rings. The topological polar surface area (TPSA) is 12.4 Å². The highest BCUT2D eigenvalue weighted by Crippen LogP contribution is 1.90. The Morgan fingerprint density at radius 1 is 2.00 bits per heavy atom. The van der Waals surface area contributed by atoms with E-state index in [4.69, 9.17) is 6.42 Å². The zero-order chi connectivity index (χ0) is 3.70. The van der Waals surface area contributed by atoms with E-state index < -0.39 is 0 Å². The second kappa shape index (κ2) is 0.587. The molecule has 0 spiro atoms. The fourth-order valence-corrected chi connectivity index (χ4v) is 0.131. The van der Waals surface area contributed by atoms with Gasteiger partial charge in [-0.25, -0.2) is 0 Å². The van der Waals surface area contributed by atoms with E-state index in [0.29, 0.717) is 0 Å². The monoisotopic (exact) mass is 65.0 g/mol. The van der Waals surface area contributed by atoms with Crippen molar-refractivity contribution in [1.82, 2.24) is 0 Å². The number of rotatable bonds is 0. The van der Waals surface area contributed by atoms with Gasteiger partial charge in [0.25, 0.3) is 0 Å². The molecule has 5 heavy (non-hydrogen) atoms. The summed E-state index contributed by atoms with van der Waals surface area (Å²) < 4.78 is 0. The minimum Gasteiger partial charge on any atom is -0.272 e. The largest absolute Gasteiger partial charge is 0.272 e. The Labute approximate surface area is 30.7 Å². The SMILES string of the molecule is C#CC1=NC1. The number of hydrogen-bond donors (Lipinski definition) is 0. The summed E-state index contributed by atoms with van der Waals surface area (Å²) in [5.74, 6) is 2.39. The fourth-order valence-electron chi connectivity index (χ4n) is 0.131. The van der Waals surface area contributed by atoms with Crippen LogP contribution in [0.4, 0.5) is 0 Å². The first-order valence-electron chi connectivity index (χ1n) is 1.43. The van der Waals surface area contributed by atoms with Crippen LogP contribution >= 0.6 is 0 Å². The Morgan fingerprint density at radius 2 is 2.60 bits per heavy atom. The van der Waals surface area contributed by atoms with Gasteiger partial charge in [-0.15, -0.1) is 6.42 Å². The molecule has 1 aliphatic heterocycles. The lowest BCUT2D eigenvalue weighted by Crippen LogP contribution is -1.65. The second-order valence-corrected chi connectivity index (χ2v) is 0.907. The van der Waals surface area contributed by atoms with Crippen molar-refractivity contribution in [3.8, 4) is 12.3 Å². The normalized spacial score (nSPS) is 16.2. The minimum absolute atomic E-state index is 0.816. The lowest BCUT2D eigenvalue weighted by molar-refractivity contribution is 1.57. The van der Waals surface area contributed by atoms with Crippen molar-refractivity contribution < 1.29 is 0 Å². The molecule has 0 unspecified atom stereocenters. The Hall–Kier alpha value is -0.770. The number of nitrogens with zero attached hydrogens (tertiary/aromatic N) is 1. The van der Waals surface area contributed by atoms with Crippen molar-refractivity contribution in [3.05, 3.63) is 0 Å². The van der Waals surface area contributed by atoms with Crippen LogP contribution in [0.3, 0.4) is 0 Å². The molecule has 0 saturated heterocycles. The molecule has 1 heterocycles. The van der Waals surface area contributed by atoms with E-state index in [1.807, 2.05) is 0 Å². The van der Waals surface area contributed by atoms with Crippen LogP contribution in [0.5, 0.6) is 0 Å². The van der Waals surface area contributed by atoms with Gasteiger partial charge in [0.2, 0.25) is 0 Å². The quantitative estimate of drug-likeness (QED) is 0.354. The van der Waals surface area contributed by atoms with E-state index in [0.717, 1.165) is 12.3 Å². The average Bonchev–Trinajstić information content (AvgIpc) is 2.12. The predicted molar refractivity (Wildman–Crippen MR) is 21.1 cm³/mol. The predicted octanol–water partition coefficient (Wildman–Crippen LogP) is 0.0742. The maximum Gasteiger partial charge on any atom is 0.106 e. The summed E-state index contributed by atoms with van der Waals surface area (Å²) in [6.07, 6.45) is 4.85. The van der Waals surface area contributed by atoms with Crippen molar-refractivity contribution in [2.24, 2.45) is 4.99 Å². The summed E-state index contributed by atoms with van der Waals surface area (Å²) in [4.78, 5) is 3.70. The van der Waals surface area contributed by atoms with E-state index in [-0.39, 0.29) is 0 Å². The molecule has 1 nitrogen and oxygen atoms in total. The first kappa shape index (κ1) is 2.47. The molecule has 24 valence electrons. The molecule has 0 aromatic carbocycles. The molecular formula is C4H3N. The highest BCUT2D eigenvalue weighted by molar-refractivity contribution is 6.09. The van der Waals surface area contributed by atoms with Gasteiger partial charge in [-0.1, -0.05) is 5.92 Å². The van der Waals surface area contributed by atoms with E-state index in [2.05, 4.69) is 10.9 Å². The highest BCUT2D eigenvalue weighted by Gasteiger charge is 2.01. The molecule has 1 heteroatoms. The zero-order valence-electron chi connectivity index (χ0n) is 2.73. The second-order valence-electron chi connectivity index (χ2n) is 0.907. The van der Waals surface area contributed by atoms with Crippen LogP contribution in [0.25, 0.3) is 0 Å². The van der Waals surface area contributed by atoms with Crippen molar-refractivity contribution in [1.29, 1.82) is 0 Å². The summed E-state index contributed by atoms with van der Waals surface area (Å²) in [6.45, 7) is 0.816. The number of terminal acetylenes is 1. The van der Waals surface area contributed by atoms with E-state index >= 15 is 0 Å². The Balaban J connectivity index is 2.59. The zero-order valence-corrected chi connectivity index (χ0v) is 2.73. The minimum atomic E-state index is 0.816. The molecule has 0 amide bonds. The summed E-state index contributed by atoms with van der Waals surface area (Å²) in [5, 5.41) is 0. The lowest BCUT2D eigenvalue weighted by atomic mass is 10.5. The van der Waals surface area contributed by atoms with Crippen LogP contribution in [-0.4, -0.2) is 12.3 Å². The first-order valence-corrected chi connectivity index (χ1v) is 1.43. The average molecular weight is 65.1 g/mol. The van der Waals surface area contributed by atoms with Gasteiger partial charge in [0.15, 0.2) is 0 Å². The first-order chi connectivity index (χ1) is 2.43. The van der Waals surface area contributed by atoms with Gasteiger partial charge in [0.05, 0.1) is 6.54 Å². The summed E-state index contributed by atoms with van der Waals surface area (Å²) >= 11 is 0. The van der Waals surface area contributed by atoms with Crippen LogP contribution < -0.4 is 0 Å². The van der Waals surface area contributed by atoms with Crippen molar-refractivity contribution in [2.75, 3.05) is 6.54 Å². The van der Waals surface area contributed by atoms with Crippen molar-refractivity contribution in [2.45, 2.75) is 0 Å². The molecule has 0 aliphatic carbocycles. The Bertz CT molecular complexity index is 105. The molecule has 0 radical (unpaired) electrons. The number of aliphatic imine (C=N–C) groups is 1. The molecule has 1 aliphatic rings. The molecule has 0 N–H and O–H groups in total. The number of hydrogen-bond acceptors (Lipinski definition) is 1. The van der Waals surface area contributed by atoms with E-state index in [1.54, 1.807) is 0 Å². The smallest absolute Gasteiger partial charge is 0.106 e. The summed E-state index contributed by atoms with van der Waals surface area (Å²) in [7, 11) is 0. The van der Waals surface area contributed by atoms with E-state index in [9.17, 15) is 0 Å². The third-order valence-corrected chi connectivity index (χ3v) is 0.483. The van der Waals surface area contributed by atoms with Gasteiger partial charge >= 0.3 is 0 Å². The maximum atomic E-state index is 4.85. The van der Waals surface area contributed by atoms with Crippen LogP contribution in [0, 0.1) is 12.3 Å². The molecule has 0 bridgehead atoms. The molecule has 0 saturated carbocycles. The van der Waals surface area contributed by atoms with E-state index in [1.165, 1.54) is 0 Å². The van der Waals surface area contributed by atoms with Gasteiger partial charge < -0.3 is 0 Å². The highest BCUT2D eigenvalue weighted by atomic mass is 14.9. The van der Waals surface area contributed by atoms with Crippen molar-refractivity contribution >= 4 is 5.71 Å². The van der Waals surface area contributed by atoms with Gasteiger partial charge in [-0.05, 0) is 0 Å². The molecule has 1 rings (SSSR count). The molecule has 0 atom stereocenters. The molecule has 0 aromatic rings. The Kier molecular flexibility index (Phi) is 0.290. The van der Waals surface area contributed by atoms with Gasteiger partial charge in [-0.2, -0.15) is 0 Å². The molecular weight excluding hydrogens is 62.1 g/mol. The maximum absolute atomic E-state index is 4.85. The molecule has 0 aromatic heterocycles. The van der Waals surface area contributed by atoms with Gasteiger partial charge in [0, 0.05) is 0 Å². The van der Waals surface area contributed by atoms with Crippen LogP contribution in [0.15, 0.2) is 4.99 Å². The third kappa shape index (κ3) is 0.273. The lowest BCUT2D eigenvalue weighted by Gasteiger charge is -1.44. The Morgan fingerprint density at radius 3 is 2.60 bits per heavy atom. The van der Waals surface area contributed by atoms with Gasteiger partial charge in [0.1, 0.15) is 5.71 Å². The summed E-state index contributed by atoms with van der Waals surface area (Å²) in [5.41, 5.74) is 0.907. The fraction of sp³-hybridized carbons (Fsp3) is 0.250. The van der Waals surface area contributed by atoms with Crippen LogP contribution in [0.2, 0.25) is 0 Å². The standard InChI is InChI=1S/C4H3N/c1-2-4-3-5-4/h1H,3H2.